The van der Waals surface area contributed by atoms with E-state index in [4.69, 9.17) is 4.52 Å². The molecule has 2 N–H and O–H groups in total. The van der Waals surface area contributed by atoms with E-state index in [2.05, 4.69) is 10.5 Å². The van der Waals surface area contributed by atoms with Gasteiger partial charge >= 0.3 is 0 Å². The van der Waals surface area contributed by atoms with Crippen molar-refractivity contribution in [2.75, 3.05) is 5.32 Å². The topological polar surface area (TPSA) is 75.4 Å². The van der Waals surface area contributed by atoms with Gasteiger partial charge in [0.05, 0.1) is 0 Å². The van der Waals surface area contributed by atoms with Crippen molar-refractivity contribution in [1.29, 1.82) is 0 Å². The van der Waals surface area contributed by atoms with Crippen LogP contribution in [0.2, 0.25) is 0 Å². The predicted octanol–water partition coefficient (Wildman–Crippen LogP) is 3.92. The quantitative estimate of drug-likeness (QED) is 0.769. The van der Waals surface area contributed by atoms with Crippen LogP contribution in [0.25, 0.3) is 11.3 Å². The number of hydrogen-bond acceptors (Lipinski definition) is 4. The van der Waals surface area contributed by atoms with E-state index in [1.807, 2.05) is 32.0 Å². The van der Waals surface area contributed by atoms with Gasteiger partial charge < -0.3 is 14.9 Å². The zero-order chi connectivity index (χ0) is 16.4. The average molecular weight is 308 g/mol. The summed E-state index contributed by atoms with van der Waals surface area (Å²) in [4.78, 5) is 12.3. The number of amides is 1. The molecule has 0 aliphatic carbocycles. The van der Waals surface area contributed by atoms with Gasteiger partial charge in [0.15, 0.2) is 11.5 Å². The van der Waals surface area contributed by atoms with E-state index < -0.39 is 0 Å². The van der Waals surface area contributed by atoms with Crippen LogP contribution in [0.1, 0.15) is 21.6 Å². The van der Waals surface area contributed by atoms with Crippen LogP contribution in [-0.2, 0) is 0 Å². The first-order chi connectivity index (χ1) is 11.0. The minimum Gasteiger partial charge on any atom is -0.508 e. The van der Waals surface area contributed by atoms with Gasteiger partial charge in [-0.05, 0) is 37.1 Å². The van der Waals surface area contributed by atoms with E-state index in [0.29, 0.717) is 11.3 Å². The minimum atomic E-state index is -0.336. The number of aryl methyl sites for hydroxylation is 2. The lowest BCUT2D eigenvalue weighted by molar-refractivity contribution is 0.101. The fourth-order valence-corrected chi connectivity index (χ4v) is 2.37. The third kappa shape index (κ3) is 3.08. The van der Waals surface area contributed by atoms with Crippen LogP contribution in [-0.4, -0.2) is 16.2 Å². The van der Waals surface area contributed by atoms with Gasteiger partial charge in [-0.2, -0.15) is 0 Å². The molecule has 2 aromatic carbocycles. The van der Waals surface area contributed by atoms with E-state index in [-0.39, 0.29) is 17.4 Å². The molecule has 0 aliphatic heterocycles. The lowest BCUT2D eigenvalue weighted by Gasteiger charge is -2.09. The maximum Gasteiger partial charge on any atom is 0.277 e. The molecule has 1 aromatic heterocycles. The number of phenolic OH excluding ortho intramolecular Hbond substituents is 1. The number of rotatable bonds is 3. The van der Waals surface area contributed by atoms with E-state index in [9.17, 15) is 9.90 Å². The number of aromatic nitrogens is 1. The molecule has 116 valence electrons. The molecule has 0 saturated heterocycles. The monoisotopic (exact) mass is 308 g/mol. The Hall–Kier alpha value is -3.08. The lowest BCUT2D eigenvalue weighted by atomic mass is 10.1. The number of hydrogen-bond donors (Lipinski definition) is 2. The Labute approximate surface area is 133 Å². The van der Waals surface area contributed by atoms with E-state index >= 15 is 0 Å². The van der Waals surface area contributed by atoms with Crippen molar-refractivity contribution >= 4 is 11.6 Å². The molecule has 1 heterocycles. The van der Waals surface area contributed by atoms with Crippen LogP contribution < -0.4 is 5.32 Å². The molecule has 0 spiro atoms. The Kier molecular flexibility index (Phi) is 3.85. The SMILES string of the molecule is Cc1cccc(C)c1NC(=O)c1cc(-c2cccc(O)c2)on1. The summed E-state index contributed by atoms with van der Waals surface area (Å²) in [5.41, 5.74) is 3.58. The Morgan fingerprint density at radius 2 is 1.78 bits per heavy atom. The molecule has 0 radical (unpaired) electrons. The van der Waals surface area contributed by atoms with Crippen molar-refractivity contribution in [1.82, 2.24) is 5.16 Å². The number of nitrogens with one attached hydrogen (secondary N) is 1. The Balaban J connectivity index is 1.84. The van der Waals surface area contributed by atoms with Crippen molar-refractivity contribution in [2.45, 2.75) is 13.8 Å². The summed E-state index contributed by atoms with van der Waals surface area (Å²) in [5.74, 6) is 0.213. The highest BCUT2D eigenvalue weighted by atomic mass is 16.5. The van der Waals surface area contributed by atoms with Gasteiger partial charge in [-0.15, -0.1) is 0 Å². The second kappa shape index (κ2) is 5.96. The minimum absolute atomic E-state index is 0.125. The zero-order valence-electron chi connectivity index (χ0n) is 12.8. The van der Waals surface area contributed by atoms with Crippen molar-refractivity contribution in [3.63, 3.8) is 0 Å². The zero-order valence-corrected chi connectivity index (χ0v) is 12.8. The van der Waals surface area contributed by atoms with Crippen LogP contribution in [0.15, 0.2) is 53.1 Å². The molecule has 5 nitrogen and oxygen atoms in total. The van der Waals surface area contributed by atoms with Crippen LogP contribution in [0.5, 0.6) is 5.75 Å². The summed E-state index contributed by atoms with van der Waals surface area (Å²) in [7, 11) is 0. The second-order valence-corrected chi connectivity index (χ2v) is 5.35. The smallest absolute Gasteiger partial charge is 0.277 e. The van der Waals surface area contributed by atoms with Gasteiger partial charge in [-0.3, -0.25) is 4.79 Å². The molecule has 0 unspecified atom stereocenters. The largest absolute Gasteiger partial charge is 0.508 e. The third-order valence-corrected chi connectivity index (χ3v) is 3.59. The molecule has 0 fully saturated rings. The molecule has 0 atom stereocenters. The molecule has 0 saturated carbocycles. The number of anilines is 1. The highest BCUT2D eigenvalue weighted by Crippen LogP contribution is 2.25. The summed E-state index contributed by atoms with van der Waals surface area (Å²) >= 11 is 0. The van der Waals surface area contributed by atoms with Gasteiger partial charge in [-0.1, -0.05) is 35.5 Å². The standard InChI is InChI=1S/C18H16N2O3/c1-11-5-3-6-12(2)17(11)19-18(22)15-10-16(23-20-15)13-7-4-8-14(21)9-13/h3-10,21H,1-2H3,(H,19,22). The molecule has 3 rings (SSSR count). The van der Waals surface area contributed by atoms with Gasteiger partial charge in [0, 0.05) is 17.3 Å². The highest BCUT2D eigenvalue weighted by Gasteiger charge is 2.15. The van der Waals surface area contributed by atoms with Gasteiger partial charge in [0.25, 0.3) is 5.91 Å². The third-order valence-electron chi connectivity index (χ3n) is 3.59. The van der Waals surface area contributed by atoms with Crippen LogP contribution in [0.4, 0.5) is 5.69 Å². The number of benzene rings is 2. The summed E-state index contributed by atoms with van der Waals surface area (Å²) in [6, 6.07) is 13.9. The maximum absolute atomic E-state index is 12.3. The first kappa shape index (κ1) is 14.8. The molecular weight excluding hydrogens is 292 g/mol. The van der Waals surface area contributed by atoms with Gasteiger partial charge in [-0.25, -0.2) is 0 Å². The number of carbonyl (C=O) groups is 1. The normalized spacial score (nSPS) is 10.5. The van der Waals surface area contributed by atoms with Gasteiger partial charge in [0.2, 0.25) is 0 Å². The van der Waals surface area contributed by atoms with Crippen molar-refractivity contribution in [3.05, 3.63) is 65.4 Å². The maximum atomic E-state index is 12.3. The Bertz CT molecular complexity index is 848. The van der Waals surface area contributed by atoms with Crippen molar-refractivity contribution in [3.8, 4) is 17.1 Å². The summed E-state index contributed by atoms with van der Waals surface area (Å²) < 4.78 is 5.20. The summed E-state index contributed by atoms with van der Waals surface area (Å²) in [6.07, 6.45) is 0. The fraction of sp³-hybridized carbons (Fsp3) is 0.111. The predicted molar refractivity (Wildman–Crippen MR) is 87.5 cm³/mol. The molecule has 3 aromatic rings. The number of para-hydroxylation sites is 1. The molecule has 23 heavy (non-hydrogen) atoms. The van der Waals surface area contributed by atoms with Crippen LogP contribution >= 0.6 is 0 Å². The highest BCUT2D eigenvalue weighted by molar-refractivity contribution is 6.04. The first-order valence-corrected chi connectivity index (χ1v) is 7.18. The molecule has 5 heteroatoms. The lowest BCUT2D eigenvalue weighted by Crippen LogP contribution is -2.14. The van der Waals surface area contributed by atoms with Crippen molar-refractivity contribution < 1.29 is 14.4 Å². The summed E-state index contributed by atoms with van der Waals surface area (Å²) in [6.45, 7) is 3.87. The Morgan fingerprint density at radius 1 is 1.09 bits per heavy atom. The van der Waals surface area contributed by atoms with Gasteiger partial charge in [0.1, 0.15) is 5.75 Å². The van der Waals surface area contributed by atoms with E-state index in [1.54, 1.807) is 30.3 Å². The number of aromatic hydroxyl groups is 1. The number of phenols is 1. The molecular formula is C18H16N2O3. The molecule has 0 aliphatic rings. The van der Waals surface area contributed by atoms with E-state index in [1.165, 1.54) is 0 Å². The molecule has 1 amide bonds. The fourth-order valence-electron chi connectivity index (χ4n) is 2.37. The Morgan fingerprint density at radius 3 is 2.48 bits per heavy atom. The molecule has 0 bridgehead atoms. The van der Waals surface area contributed by atoms with E-state index in [0.717, 1.165) is 16.8 Å². The number of carbonyl (C=O) groups excluding carboxylic acids is 1. The number of nitrogens with zero attached hydrogens (tertiary/aromatic N) is 1. The van der Waals surface area contributed by atoms with Crippen LogP contribution in [0.3, 0.4) is 0 Å². The summed E-state index contributed by atoms with van der Waals surface area (Å²) in [5, 5.41) is 16.2. The second-order valence-electron chi connectivity index (χ2n) is 5.35. The average Bonchev–Trinajstić information content (AvgIpc) is 3.01. The first-order valence-electron chi connectivity index (χ1n) is 7.18. The van der Waals surface area contributed by atoms with Crippen molar-refractivity contribution in [2.24, 2.45) is 0 Å². The van der Waals surface area contributed by atoms with Crippen LogP contribution in [0, 0.1) is 13.8 Å².